The summed E-state index contributed by atoms with van der Waals surface area (Å²) in [6, 6.07) is 10.2. The fraction of sp³-hybridized carbons (Fsp3) is 0.385. The molecule has 0 amide bonds. The van der Waals surface area contributed by atoms with Crippen LogP contribution in [0, 0.1) is 5.92 Å². The molecule has 1 aromatic rings. The average molecular weight is 203 g/mol. The van der Waals surface area contributed by atoms with Crippen molar-refractivity contribution >= 4 is 0 Å². The minimum atomic E-state index is 0.249. The Morgan fingerprint density at radius 3 is 2.67 bits per heavy atom. The summed E-state index contributed by atoms with van der Waals surface area (Å²) < 4.78 is 5.78. The summed E-state index contributed by atoms with van der Waals surface area (Å²) in [6.45, 7) is 1.41. The standard InChI is InChI=1S/C13H17NO/c14-9-12-6-7-13(8-12)15-10-11-4-2-1-3-5-11/h1-7,12-13H,8-10,14H2/t12-,13+/m1/s1. The van der Waals surface area contributed by atoms with Crippen molar-refractivity contribution in [1.82, 2.24) is 0 Å². The van der Waals surface area contributed by atoms with Crippen molar-refractivity contribution < 1.29 is 4.74 Å². The van der Waals surface area contributed by atoms with E-state index < -0.39 is 0 Å². The molecule has 0 saturated heterocycles. The quantitative estimate of drug-likeness (QED) is 0.761. The maximum absolute atomic E-state index is 5.78. The van der Waals surface area contributed by atoms with Crippen LogP contribution in [-0.2, 0) is 11.3 Å². The highest BCUT2D eigenvalue weighted by molar-refractivity contribution is 5.14. The zero-order valence-corrected chi connectivity index (χ0v) is 8.80. The van der Waals surface area contributed by atoms with E-state index in [1.54, 1.807) is 0 Å². The molecule has 2 atom stereocenters. The predicted molar refractivity (Wildman–Crippen MR) is 61.3 cm³/mol. The van der Waals surface area contributed by atoms with E-state index >= 15 is 0 Å². The van der Waals surface area contributed by atoms with Crippen LogP contribution in [-0.4, -0.2) is 12.6 Å². The molecular formula is C13H17NO. The van der Waals surface area contributed by atoms with E-state index in [2.05, 4.69) is 24.3 Å². The van der Waals surface area contributed by atoms with Crippen molar-refractivity contribution in [2.24, 2.45) is 11.7 Å². The smallest absolute Gasteiger partial charge is 0.0766 e. The minimum absolute atomic E-state index is 0.249. The molecule has 0 fully saturated rings. The molecule has 1 aliphatic rings. The first kappa shape index (κ1) is 10.4. The lowest BCUT2D eigenvalue weighted by atomic mass is 10.1. The minimum Gasteiger partial charge on any atom is -0.369 e. The lowest BCUT2D eigenvalue weighted by molar-refractivity contribution is 0.0669. The van der Waals surface area contributed by atoms with E-state index in [4.69, 9.17) is 10.5 Å². The Morgan fingerprint density at radius 1 is 1.20 bits per heavy atom. The SMILES string of the molecule is NC[C@@H]1C=C[C@H](OCc2ccccc2)C1. The summed E-state index contributed by atoms with van der Waals surface area (Å²) in [7, 11) is 0. The van der Waals surface area contributed by atoms with Crippen molar-refractivity contribution in [3.63, 3.8) is 0 Å². The lowest BCUT2D eigenvalue weighted by Gasteiger charge is -2.11. The van der Waals surface area contributed by atoms with Crippen molar-refractivity contribution in [1.29, 1.82) is 0 Å². The highest BCUT2D eigenvalue weighted by Gasteiger charge is 2.17. The van der Waals surface area contributed by atoms with Gasteiger partial charge in [0.15, 0.2) is 0 Å². The molecule has 2 heteroatoms. The van der Waals surface area contributed by atoms with Gasteiger partial charge in [0.2, 0.25) is 0 Å². The largest absolute Gasteiger partial charge is 0.369 e. The molecule has 0 aromatic heterocycles. The van der Waals surface area contributed by atoms with E-state index in [0.717, 1.165) is 13.0 Å². The topological polar surface area (TPSA) is 35.2 Å². The van der Waals surface area contributed by atoms with Gasteiger partial charge in [-0.15, -0.1) is 0 Å². The zero-order valence-electron chi connectivity index (χ0n) is 8.80. The summed E-state index contributed by atoms with van der Waals surface area (Å²) in [4.78, 5) is 0. The third-order valence-electron chi connectivity index (χ3n) is 2.74. The molecule has 2 N–H and O–H groups in total. The average Bonchev–Trinajstić information content (AvgIpc) is 2.76. The van der Waals surface area contributed by atoms with Crippen LogP contribution in [0.3, 0.4) is 0 Å². The van der Waals surface area contributed by atoms with Gasteiger partial charge < -0.3 is 10.5 Å². The second-order valence-electron chi connectivity index (χ2n) is 3.95. The fourth-order valence-corrected chi connectivity index (χ4v) is 1.81. The monoisotopic (exact) mass is 203 g/mol. The maximum atomic E-state index is 5.78. The molecule has 0 radical (unpaired) electrons. The van der Waals surface area contributed by atoms with Crippen LogP contribution in [0.4, 0.5) is 0 Å². The zero-order chi connectivity index (χ0) is 10.5. The first-order chi connectivity index (χ1) is 7.38. The molecule has 0 bridgehead atoms. The highest BCUT2D eigenvalue weighted by Crippen LogP contribution is 2.20. The van der Waals surface area contributed by atoms with Crippen LogP contribution in [0.1, 0.15) is 12.0 Å². The molecule has 0 heterocycles. The van der Waals surface area contributed by atoms with Crippen LogP contribution in [0.5, 0.6) is 0 Å². The second kappa shape index (κ2) is 5.10. The summed E-state index contributed by atoms with van der Waals surface area (Å²) in [5.41, 5.74) is 6.82. The molecule has 0 saturated carbocycles. The second-order valence-corrected chi connectivity index (χ2v) is 3.95. The number of hydrogen-bond acceptors (Lipinski definition) is 2. The van der Waals surface area contributed by atoms with E-state index in [1.165, 1.54) is 5.56 Å². The van der Waals surface area contributed by atoms with Crippen LogP contribution < -0.4 is 5.73 Å². The normalized spacial score (nSPS) is 24.6. The fourth-order valence-electron chi connectivity index (χ4n) is 1.81. The van der Waals surface area contributed by atoms with Gasteiger partial charge in [0, 0.05) is 0 Å². The van der Waals surface area contributed by atoms with Gasteiger partial charge in [-0.1, -0.05) is 42.5 Å². The van der Waals surface area contributed by atoms with E-state index in [9.17, 15) is 0 Å². The van der Waals surface area contributed by atoms with Crippen molar-refractivity contribution in [3.05, 3.63) is 48.0 Å². The molecule has 80 valence electrons. The van der Waals surface area contributed by atoms with E-state index in [0.29, 0.717) is 12.5 Å². The van der Waals surface area contributed by atoms with Crippen LogP contribution in [0.15, 0.2) is 42.5 Å². The van der Waals surface area contributed by atoms with Crippen LogP contribution in [0.2, 0.25) is 0 Å². The number of nitrogens with two attached hydrogens (primary N) is 1. The van der Waals surface area contributed by atoms with Crippen molar-refractivity contribution in [2.75, 3.05) is 6.54 Å². The van der Waals surface area contributed by atoms with E-state index in [-0.39, 0.29) is 6.10 Å². The predicted octanol–water partition coefficient (Wildman–Crippen LogP) is 2.11. The molecule has 1 aromatic carbocycles. The van der Waals surface area contributed by atoms with Crippen LogP contribution in [0.25, 0.3) is 0 Å². The summed E-state index contributed by atoms with van der Waals surface area (Å²) in [5.74, 6) is 0.505. The Balaban J connectivity index is 1.78. The Kier molecular flexibility index (Phi) is 3.54. The molecular weight excluding hydrogens is 186 g/mol. The molecule has 1 aliphatic carbocycles. The molecule has 2 rings (SSSR count). The molecule has 2 nitrogen and oxygen atoms in total. The summed E-state index contributed by atoms with van der Waals surface area (Å²) in [5, 5.41) is 0. The van der Waals surface area contributed by atoms with Gasteiger partial charge in [0.05, 0.1) is 12.7 Å². The third kappa shape index (κ3) is 2.91. The molecule has 0 spiro atoms. The Morgan fingerprint density at radius 2 is 2.00 bits per heavy atom. The van der Waals surface area contributed by atoms with Gasteiger partial charge in [-0.05, 0) is 24.4 Å². The van der Waals surface area contributed by atoms with Gasteiger partial charge in [-0.3, -0.25) is 0 Å². The third-order valence-corrected chi connectivity index (χ3v) is 2.74. The number of benzene rings is 1. The van der Waals surface area contributed by atoms with Crippen LogP contribution >= 0.6 is 0 Å². The van der Waals surface area contributed by atoms with Crippen molar-refractivity contribution in [2.45, 2.75) is 19.1 Å². The number of hydrogen-bond donors (Lipinski definition) is 1. The number of ether oxygens (including phenoxy) is 1. The Bertz CT molecular complexity index is 321. The first-order valence-electron chi connectivity index (χ1n) is 5.42. The van der Waals surface area contributed by atoms with Gasteiger partial charge in [0.25, 0.3) is 0 Å². The molecule has 0 aliphatic heterocycles. The van der Waals surface area contributed by atoms with Gasteiger partial charge in [-0.25, -0.2) is 0 Å². The molecule has 0 unspecified atom stereocenters. The Labute approximate surface area is 90.7 Å². The first-order valence-corrected chi connectivity index (χ1v) is 5.42. The van der Waals surface area contributed by atoms with Gasteiger partial charge >= 0.3 is 0 Å². The van der Waals surface area contributed by atoms with Crippen molar-refractivity contribution in [3.8, 4) is 0 Å². The van der Waals surface area contributed by atoms with Gasteiger partial charge in [-0.2, -0.15) is 0 Å². The van der Waals surface area contributed by atoms with E-state index in [1.807, 2.05) is 18.2 Å². The summed E-state index contributed by atoms with van der Waals surface area (Å²) in [6.07, 6.45) is 5.57. The Hall–Kier alpha value is -1.12. The molecule has 15 heavy (non-hydrogen) atoms. The van der Waals surface area contributed by atoms with Gasteiger partial charge in [0.1, 0.15) is 0 Å². The summed E-state index contributed by atoms with van der Waals surface area (Å²) >= 11 is 0. The lowest BCUT2D eigenvalue weighted by Crippen LogP contribution is -2.14. The highest BCUT2D eigenvalue weighted by atomic mass is 16.5. The maximum Gasteiger partial charge on any atom is 0.0766 e. The number of rotatable bonds is 4.